The first-order valence-electron chi connectivity index (χ1n) is 10.2. The van der Waals surface area contributed by atoms with Crippen molar-refractivity contribution in [1.82, 2.24) is 19.7 Å². The summed E-state index contributed by atoms with van der Waals surface area (Å²) < 4.78 is 13.2. The number of aryl methyl sites for hydroxylation is 2. The fourth-order valence-corrected chi connectivity index (χ4v) is 3.41. The first-order chi connectivity index (χ1) is 14.8. The van der Waals surface area contributed by atoms with E-state index in [0.29, 0.717) is 41.4 Å². The number of aliphatic hydroxyl groups is 1. The molecule has 8 heteroatoms. The zero-order valence-electron chi connectivity index (χ0n) is 18.1. The van der Waals surface area contributed by atoms with Crippen LogP contribution >= 0.6 is 0 Å². The van der Waals surface area contributed by atoms with Gasteiger partial charge in [0.1, 0.15) is 17.9 Å². The van der Waals surface area contributed by atoms with Crippen LogP contribution < -0.4 is 15.7 Å². The highest BCUT2D eigenvalue weighted by molar-refractivity contribution is 5.82. The SMILES string of the molecule is Cc1cn2cc(-c3cc4ccc(OCCNC(C)(C)CO)cc4oc3=O)nc2c(C)n1. The molecule has 8 nitrogen and oxygen atoms in total. The molecule has 3 aromatic heterocycles. The maximum absolute atomic E-state index is 12.7. The van der Waals surface area contributed by atoms with Gasteiger partial charge in [0, 0.05) is 35.9 Å². The molecule has 0 saturated heterocycles. The largest absolute Gasteiger partial charge is 0.492 e. The van der Waals surface area contributed by atoms with Crippen molar-refractivity contribution >= 4 is 16.6 Å². The van der Waals surface area contributed by atoms with Gasteiger partial charge in [0.25, 0.3) is 0 Å². The van der Waals surface area contributed by atoms with Crippen LogP contribution in [0.2, 0.25) is 0 Å². The molecule has 0 spiro atoms. The van der Waals surface area contributed by atoms with E-state index in [1.54, 1.807) is 12.1 Å². The average molecular weight is 422 g/mol. The maximum Gasteiger partial charge on any atom is 0.345 e. The number of aromatic nitrogens is 3. The minimum Gasteiger partial charge on any atom is -0.492 e. The summed E-state index contributed by atoms with van der Waals surface area (Å²) >= 11 is 0. The number of nitrogens with zero attached hydrogens (tertiary/aromatic N) is 3. The van der Waals surface area contributed by atoms with Crippen LogP contribution in [0.25, 0.3) is 27.9 Å². The van der Waals surface area contributed by atoms with Gasteiger partial charge in [-0.05, 0) is 45.9 Å². The van der Waals surface area contributed by atoms with E-state index < -0.39 is 5.63 Å². The molecule has 0 aliphatic carbocycles. The molecule has 0 saturated carbocycles. The van der Waals surface area contributed by atoms with E-state index in [9.17, 15) is 9.90 Å². The highest BCUT2D eigenvalue weighted by Gasteiger charge is 2.15. The average Bonchev–Trinajstić information content (AvgIpc) is 3.14. The third-order valence-corrected chi connectivity index (χ3v) is 5.08. The summed E-state index contributed by atoms with van der Waals surface area (Å²) in [6.07, 6.45) is 3.69. The van der Waals surface area contributed by atoms with Crippen LogP contribution in [0.1, 0.15) is 25.2 Å². The molecule has 4 aromatic rings. The molecule has 0 radical (unpaired) electrons. The van der Waals surface area contributed by atoms with Crippen molar-refractivity contribution in [2.45, 2.75) is 33.2 Å². The fraction of sp³-hybridized carbons (Fsp3) is 0.348. The van der Waals surface area contributed by atoms with Crippen LogP contribution in [-0.2, 0) is 0 Å². The lowest BCUT2D eigenvalue weighted by Crippen LogP contribution is -2.44. The Hall–Kier alpha value is -3.23. The van der Waals surface area contributed by atoms with Gasteiger partial charge in [-0.2, -0.15) is 0 Å². The van der Waals surface area contributed by atoms with Gasteiger partial charge in [0.15, 0.2) is 5.65 Å². The Balaban J connectivity index is 1.58. The maximum atomic E-state index is 12.7. The number of imidazole rings is 1. The van der Waals surface area contributed by atoms with E-state index >= 15 is 0 Å². The predicted molar refractivity (Wildman–Crippen MR) is 119 cm³/mol. The molecule has 0 amide bonds. The van der Waals surface area contributed by atoms with E-state index in [1.165, 1.54) is 0 Å². The second kappa shape index (κ2) is 8.13. The summed E-state index contributed by atoms with van der Waals surface area (Å²) in [5.74, 6) is 0.608. The zero-order chi connectivity index (χ0) is 22.2. The molecular formula is C23H26N4O4. The first kappa shape index (κ1) is 21.0. The highest BCUT2D eigenvalue weighted by Crippen LogP contribution is 2.25. The summed E-state index contributed by atoms with van der Waals surface area (Å²) in [6, 6.07) is 7.19. The van der Waals surface area contributed by atoms with Crippen molar-refractivity contribution in [1.29, 1.82) is 0 Å². The number of benzene rings is 1. The van der Waals surface area contributed by atoms with E-state index in [1.807, 2.05) is 56.6 Å². The van der Waals surface area contributed by atoms with Gasteiger partial charge < -0.3 is 24.0 Å². The van der Waals surface area contributed by atoms with Gasteiger partial charge in [-0.25, -0.2) is 9.78 Å². The number of rotatable bonds is 7. The molecule has 0 aliphatic heterocycles. The van der Waals surface area contributed by atoms with E-state index in [0.717, 1.165) is 16.8 Å². The van der Waals surface area contributed by atoms with Gasteiger partial charge in [-0.15, -0.1) is 0 Å². The Morgan fingerprint density at radius 1 is 1.19 bits per heavy atom. The van der Waals surface area contributed by atoms with E-state index in [2.05, 4.69) is 15.3 Å². The molecule has 0 bridgehead atoms. The second-order valence-corrected chi connectivity index (χ2v) is 8.29. The number of ether oxygens (including phenoxy) is 1. The molecule has 31 heavy (non-hydrogen) atoms. The van der Waals surface area contributed by atoms with Gasteiger partial charge in [-0.1, -0.05) is 0 Å². The van der Waals surface area contributed by atoms with Crippen molar-refractivity contribution in [2.24, 2.45) is 0 Å². The standard InChI is InChI=1S/C23H26N4O4/c1-14-11-27-12-19(26-21(27)15(2)25-14)18-9-16-5-6-17(10-20(16)31-22(18)29)30-8-7-24-23(3,4)13-28/h5-6,9-12,24,28H,7-8,13H2,1-4H3. The Morgan fingerprint density at radius 3 is 2.77 bits per heavy atom. The molecule has 0 unspecified atom stereocenters. The van der Waals surface area contributed by atoms with Crippen LogP contribution in [0.15, 0.2) is 45.9 Å². The van der Waals surface area contributed by atoms with Crippen LogP contribution in [0.4, 0.5) is 0 Å². The molecule has 0 fully saturated rings. The second-order valence-electron chi connectivity index (χ2n) is 8.29. The van der Waals surface area contributed by atoms with Crippen LogP contribution in [0.5, 0.6) is 5.75 Å². The number of hydrogen-bond donors (Lipinski definition) is 2. The van der Waals surface area contributed by atoms with Gasteiger partial charge >= 0.3 is 5.63 Å². The summed E-state index contributed by atoms with van der Waals surface area (Å²) in [5, 5.41) is 13.3. The molecule has 0 aliphatic rings. The molecule has 162 valence electrons. The Labute approximate surface area is 179 Å². The van der Waals surface area contributed by atoms with Gasteiger partial charge in [-0.3, -0.25) is 4.98 Å². The minimum absolute atomic E-state index is 0.0401. The molecule has 4 rings (SSSR count). The molecular weight excluding hydrogens is 396 g/mol. The van der Waals surface area contributed by atoms with Gasteiger partial charge in [0.05, 0.1) is 29.3 Å². The number of fused-ring (bicyclic) bond motifs is 2. The predicted octanol–water partition coefficient (Wildman–Crippen LogP) is 2.86. The van der Waals surface area contributed by atoms with Crippen molar-refractivity contribution in [3.8, 4) is 17.0 Å². The number of nitrogens with one attached hydrogen (secondary N) is 1. The van der Waals surface area contributed by atoms with Gasteiger partial charge in [0.2, 0.25) is 0 Å². The van der Waals surface area contributed by atoms with E-state index in [4.69, 9.17) is 9.15 Å². The molecule has 2 N–H and O–H groups in total. The number of hydrogen-bond acceptors (Lipinski definition) is 7. The smallest absolute Gasteiger partial charge is 0.345 e. The lowest BCUT2D eigenvalue weighted by molar-refractivity contribution is 0.180. The molecule has 1 aromatic carbocycles. The summed E-state index contributed by atoms with van der Waals surface area (Å²) in [6.45, 7) is 8.68. The van der Waals surface area contributed by atoms with Crippen molar-refractivity contribution in [3.63, 3.8) is 0 Å². The van der Waals surface area contributed by atoms with Crippen molar-refractivity contribution < 1.29 is 14.3 Å². The fourth-order valence-electron chi connectivity index (χ4n) is 3.41. The van der Waals surface area contributed by atoms with Crippen LogP contribution in [-0.4, -0.2) is 44.8 Å². The lowest BCUT2D eigenvalue weighted by Gasteiger charge is -2.23. The molecule has 0 atom stereocenters. The van der Waals surface area contributed by atoms with Crippen molar-refractivity contribution in [3.05, 3.63) is 58.5 Å². The summed E-state index contributed by atoms with van der Waals surface area (Å²) in [4.78, 5) is 21.7. The van der Waals surface area contributed by atoms with E-state index in [-0.39, 0.29) is 12.1 Å². The minimum atomic E-state index is -0.457. The Morgan fingerprint density at radius 2 is 2.00 bits per heavy atom. The Kier molecular flexibility index (Phi) is 5.51. The lowest BCUT2D eigenvalue weighted by atomic mass is 10.1. The Bertz CT molecular complexity index is 1310. The first-order valence-corrected chi connectivity index (χ1v) is 10.2. The summed E-state index contributed by atoms with van der Waals surface area (Å²) in [5.41, 5.74) is 2.97. The third kappa shape index (κ3) is 4.45. The van der Waals surface area contributed by atoms with Crippen LogP contribution in [0.3, 0.4) is 0 Å². The molecule has 3 heterocycles. The summed E-state index contributed by atoms with van der Waals surface area (Å²) in [7, 11) is 0. The normalized spacial score (nSPS) is 12.0. The monoisotopic (exact) mass is 422 g/mol. The highest BCUT2D eigenvalue weighted by atomic mass is 16.5. The topological polar surface area (TPSA) is 102 Å². The third-order valence-electron chi connectivity index (χ3n) is 5.08. The number of aliphatic hydroxyl groups excluding tert-OH is 1. The van der Waals surface area contributed by atoms with Crippen molar-refractivity contribution in [2.75, 3.05) is 19.8 Å². The zero-order valence-corrected chi connectivity index (χ0v) is 18.1. The quantitative estimate of drug-likeness (QED) is 0.349. The van der Waals surface area contributed by atoms with Crippen LogP contribution in [0, 0.1) is 13.8 Å².